The third-order valence-electron chi connectivity index (χ3n) is 2.67. The van der Waals surface area contributed by atoms with E-state index in [1.807, 2.05) is 13.8 Å². The minimum atomic E-state index is -0.860. The van der Waals surface area contributed by atoms with Crippen LogP contribution in [0.5, 0.6) is 5.75 Å². The zero-order valence-corrected chi connectivity index (χ0v) is 10.0. The minimum absolute atomic E-state index is 0.0338. The molecule has 1 unspecified atom stereocenters. The van der Waals surface area contributed by atoms with E-state index in [1.165, 1.54) is 12.1 Å². The van der Waals surface area contributed by atoms with Gasteiger partial charge in [-0.3, -0.25) is 4.79 Å². The Morgan fingerprint density at radius 3 is 2.59 bits per heavy atom. The highest BCUT2D eigenvalue weighted by Crippen LogP contribution is 2.20. The highest BCUT2D eigenvalue weighted by atomic mass is 19.1. The predicted octanol–water partition coefficient (Wildman–Crippen LogP) is 2.95. The zero-order valence-electron chi connectivity index (χ0n) is 10.0. The fourth-order valence-corrected chi connectivity index (χ4v) is 1.47. The van der Waals surface area contributed by atoms with Gasteiger partial charge in [0.2, 0.25) is 0 Å². The number of hydrogen-bond acceptors (Lipinski definition) is 2. The van der Waals surface area contributed by atoms with Crippen LogP contribution in [-0.2, 0) is 4.79 Å². The fourth-order valence-electron chi connectivity index (χ4n) is 1.47. The van der Waals surface area contributed by atoms with Gasteiger partial charge in [0, 0.05) is 5.92 Å². The van der Waals surface area contributed by atoms with Crippen LogP contribution in [0.2, 0.25) is 0 Å². The van der Waals surface area contributed by atoms with Gasteiger partial charge in [0.15, 0.2) is 11.6 Å². The van der Waals surface area contributed by atoms with Gasteiger partial charge in [-0.25, -0.2) is 4.39 Å². The SMILES string of the molecule is CC(C)C(COc1ccccc1F)CC(=O)O. The molecule has 17 heavy (non-hydrogen) atoms. The van der Waals surface area contributed by atoms with Crippen molar-refractivity contribution in [3.05, 3.63) is 30.1 Å². The molecule has 0 fully saturated rings. The van der Waals surface area contributed by atoms with Crippen LogP contribution in [0.4, 0.5) is 4.39 Å². The second-order valence-corrected chi connectivity index (χ2v) is 4.34. The van der Waals surface area contributed by atoms with Crippen LogP contribution in [0.15, 0.2) is 24.3 Å². The molecule has 3 nitrogen and oxygen atoms in total. The summed E-state index contributed by atoms with van der Waals surface area (Å²) in [6.07, 6.45) is 0.0338. The van der Waals surface area contributed by atoms with Crippen LogP contribution in [0, 0.1) is 17.7 Å². The van der Waals surface area contributed by atoms with Gasteiger partial charge in [-0.15, -0.1) is 0 Å². The maximum absolute atomic E-state index is 13.3. The van der Waals surface area contributed by atoms with Gasteiger partial charge in [0.25, 0.3) is 0 Å². The van der Waals surface area contributed by atoms with Crippen molar-refractivity contribution in [3.63, 3.8) is 0 Å². The van der Waals surface area contributed by atoms with Crippen molar-refractivity contribution in [1.29, 1.82) is 0 Å². The van der Waals surface area contributed by atoms with E-state index in [0.717, 1.165) is 0 Å². The monoisotopic (exact) mass is 240 g/mol. The van der Waals surface area contributed by atoms with Crippen molar-refractivity contribution in [2.75, 3.05) is 6.61 Å². The molecule has 0 amide bonds. The van der Waals surface area contributed by atoms with Gasteiger partial charge in [-0.2, -0.15) is 0 Å². The first kappa shape index (κ1) is 13.5. The molecule has 4 heteroatoms. The molecule has 0 spiro atoms. The molecule has 0 radical (unpaired) electrons. The Labute approximate surface area is 100 Å². The average Bonchev–Trinajstić information content (AvgIpc) is 2.25. The van der Waals surface area contributed by atoms with E-state index in [-0.39, 0.29) is 30.6 Å². The largest absolute Gasteiger partial charge is 0.490 e. The number of carboxylic acids is 1. The van der Waals surface area contributed by atoms with Gasteiger partial charge >= 0.3 is 5.97 Å². The molecule has 0 bridgehead atoms. The summed E-state index contributed by atoms with van der Waals surface area (Å²) >= 11 is 0. The molecule has 0 aliphatic carbocycles. The lowest BCUT2D eigenvalue weighted by Crippen LogP contribution is -2.21. The number of carbonyl (C=O) groups is 1. The Kier molecular flexibility index (Phi) is 4.94. The fraction of sp³-hybridized carbons (Fsp3) is 0.462. The molecule has 1 aromatic carbocycles. The Morgan fingerprint density at radius 2 is 2.06 bits per heavy atom. The number of ether oxygens (including phenoxy) is 1. The van der Waals surface area contributed by atoms with E-state index in [4.69, 9.17) is 9.84 Å². The smallest absolute Gasteiger partial charge is 0.303 e. The lowest BCUT2D eigenvalue weighted by molar-refractivity contribution is -0.138. The number of hydrogen-bond donors (Lipinski definition) is 1. The van der Waals surface area contributed by atoms with Gasteiger partial charge in [-0.05, 0) is 18.1 Å². The molecule has 1 rings (SSSR count). The normalized spacial score (nSPS) is 12.5. The van der Waals surface area contributed by atoms with Gasteiger partial charge < -0.3 is 9.84 Å². The number of benzene rings is 1. The first-order chi connectivity index (χ1) is 8.00. The highest BCUT2D eigenvalue weighted by Gasteiger charge is 2.18. The number of aliphatic carboxylic acids is 1. The standard InChI is InChI=1S/C13H17FO3/c1-9(2)10(7-13(15)16)8-17-12-6-4-3-5-11(12)14/h3-6,9-10H,7-8H2,1-2H3,(H,15,16). The van der Waals surface area contributed by atoms with Crippen molar-refractivity contribution >= 4 is 5.97 Å². The number of carboxylic acid groups (broad SMARTS) is 1. The van der Waals surface area contributed by atoms with E-state index in [1.54, 1.807) is 12.1 Å². The zero-order chi connectivity index (χ0) is 12.8. The van der Waals surface area contributed by atoms with Crippen LogP contribution < -0.4 is 4.74 Å². The number of rotatable bonds is 6. The third kappa shape index (κ3) is 4.43. The summed E-state index contributed by atoms with van der Waals surface area (Å²) < 4.78 is 18.6. The van der Waals surface area contributed by atoms with Crippen molar-refractivity contribution in [3.8, 4) is 5.75 Å². The molecular weight excluding hydrogens is 223 g/mol. The van der Waals surface area contributed by atoms with Gasteiger partial charge in [0.1, 0.15) is 0 Å². The quantitative estimate of drug-likeness (QED) is 0.831. The van der Waals surface area contributed by atoms with Crippen LogP contribution in [0.3, 0.4) is 0 Å². The van der Waals surface area contributed by atoms with Gasteiger partial charge in [-0.1, -0.05) is 26.0 Å². The van der Waals surface area contributed by atoms with Crippen LogP contribution in [0.1, 0.15) is 20.3 Å². The molecule has 1 N–H and O–H groups in total. The summed E-state index contributed by atoms with van der Waals surface area (Å²) in [5, 5.41) is 8.75. The maximum Gasteiger partial charge on any atom is 0.303 e. The van der Waals surface area contributed by atoms with Gasteiger partial charge in [0.05, 0.1) is 13.0 Å². The van der Waals surface area contributed by atoms with Crippen molar-refractivity contribution in [2.24, 2.45) is 11.8 Å². The van der Waals surface area contributed by atoms with Crippen molar-refractivity contribution in [2.45, 2.75) is 20.3 Å². The topological polar surface area (TPSA) is 46.5 Å². The summed E-state index contributed by atoms with van der Waals surface area (Å²) in [5.74, 6) is -1.06. The summed E-state index contributed by atoms with van der Waals surface area (Å²) in [6, 6.07) is 6.11. The second-order valence-electron chi connectivity index (χ2n) is 4.34. The van der Waals surface area contributed by atoms with Crippen LogP contribution >= 0.6 is 0 Å². The molecule has 0 aromatic heterocycles. The Hall–Kier alpha value is -1.58. The second kappa shape index (κ2) is 6.23. The van der Waals surface area contributed by atoms with E-state index < -0.39 is 11.8 Å². The molecule has 0 saturated carbocycles. The number of para-hydroxylation sites is 1. The Balaban J connectivity index is 2.58. The first-order valence-electron chi connectivity index (χ1n) is 5.59. The van der Waals surface area contributed by atoms with E-state index in [9.17, 15) is 9.18 Å². The first-order valence-corrected chi connectivity index (χ1v) is 5.59. The van der Waals surface area contributed by atoms with E-state index in [0.29, 0.717) is 0 Å². The molecule has 94 valence electrons. The number of halogens is 1. The van der Waals surface area contributed by atoms with Crippen LogP contribution in [-0.4, -0.2) is 17.7 Å². The highest BCUT2D eigenvalue weighted by molar-refractivity contribution is 5.67. The summed E-state index contributed by atoms with van der Waals surface area (Å²) in [5.41, 5.74) is 0. The molecule has 0 saturated heterocycles. The summed E-state index contributed by atoms with van der Waals surface area (Å²) in [4.78, 5) is 10.7. The molecule has 1 aromatic rings. The van der Waals surface area contributed by atoms with E-state index in [2.05, 4.69) is 0 Å². The lowest BCUT2D eigenvalue weighted by atomic mass is 9.93. The predicted molar refractivity (Wildman–Crippen MR) is 62.5 cm³/mol. The van der Waals surface area contributed by atoms with Crippen molar-refractivity contribution < 1.29 is 19.0 Å². The van der Waals surface area contributed by atoms with E-state index >= 15 is 0 Å². The third-order valence-corrected chi connectivity index (χ3v) is 2.67. The average molecular weight is 240 g/mol. The maximum atomic E-state index is 13.3. The summed E-state index contributed by atoms with van der Waals surface area (Å²) in [7, 11) is 0. The lowest BCUT2D eigenvalue weighted by Gasteiger charge is -2.19. The molecular formula is C13H17FO3. The molecule has 1 atom stereocenters. The van der Waals surface area contributed by atoms with Crippen molar-refractivity contribution in [1.82, 2.24) is 0 Å². The molecule has 0 heterocycles. The molecule has 0 aliphatic rings. The van der Waals surface area contributed by atoms with Crippen LogP contribution in [0.25, 0.3) is 0 Å². The Morgan fingerprint density at radius 1 is 1.41 bits per heavy atom. The summed E-state index contributed by atoms with van der Waals surface area (Å²) in [6.45, 7) is 4.07. The molecule has 0 aliphatic heterocycles. The Bertz CT molecular complexity index is 377. The minimum Gasteiger partial charge on any atom is -0.490 e.